The van der Waals surface area contributed by atoms with E-state index in [4.69, 9.17) is 16.3 Å². The van der Waals surface area contributed by atoms with Crippen LogP contribution in [0.25, 0.3) is 22.2 Å². The molecule has 0 amide bonds. The SMILES string of the molecule is COc1ccc(C)cc1-c1[nH]c2ccc(Cl)cc2c1C(C)=O. The molecule has 3 rings (SSSR count). The van der Waals surface area contributed by atoms with Crippen molar-refractivity contribution in [1.29, 1.82) is 0 Å². The van der Waals surface area contributed by atoms with Crippen molar-refractivity contribution in [3.8, 4) is 17.0 Å². The lowest BCUT2D eigenvalue weighted by Gasteiger charge is -2.09. The molecule has 0 radical (unpaired) electrons. The maximum atomic E-state index is 12.2. The van der Waals surface area contributed by atoms with Gasteiger partial charge in [-0.15, -0.1) is 0 Å². The van der Waals surface area contributed by atoms with Crippen LogP contribution >= 0.6 is 11.6 Å². The Morgan fingerprint density at radius 1 is 1.18 bits per heavy atom. The number of hydrogen-bond acceptors (Lipinski definition) is 2. The van der Waals surface area contributed by atoms with Gasteiger partial charge in [0.2, 0.25) is 0 Å². The molecule has 0 atom stereocenters. The first kappa shape index (κ1) is 14.7. The molecule has 22 heavy (non-hydrogen) atoms. The second-order valence-corrected chi connectivity index (χ2v) is 5.76. The summed E-state index contributed by atoms with van der Waals surface area (Å²) < 4.78 is 5.45. The van der Waals surface area contributed by atoms with Gasteiger partial charge in [-0.3, -0.25) is 4.79 Å². The number of ketones is 1. The Labute approximate surface area is 133 Å². The number of hydrogen-bond donors (Lipinski definition) is 1. The van der Waals surface area contributed by atoms with E-state index in [-0.39, 0.29) is 5.78 Å². The fourth-order valence-corrected chi connectivity index (χ4v) is 2.92. The van der Waals surface area contributed by atoms with Gasteiger partial charge in [0.1, 0.15) is 5.75 Å². The maximum Gasteiger partial charge on any atom is 0.162 e. The quantitative estimate of drug-likeness (QED) is 0.691. The van der Waals surface area contributed by atoms with Gasteiger partial charge in [-0.05, 0) is 44.2 Å². The van der Waals surface area contributed by atoms with Gasteiger partial charge in [0.25, 0.3) is 0 Å². The number of rotatable bonds is 3. The van der Waals surface area contributed by atoms with E-state index in [1.165, 1.54) is 0 Å². The summed E-state index contributed by atoms with van der Waals surface area (Å²) in [6, 6.07) is 11.4. The summed E-state index contributed by atoms with van der Waals surface area (Å²) >= 11 is 6.08. The summed E-state index contributed by atoms with van der Waals surface area (Å²) in [5.41, 5.74) is 4.27. The predicted molar refractivity (Wildman–Crippen MR) is 90.0 cm³/mol. The van der Waals surface area contributed by atoms with E-state index >= 15 is 0 Å². The molecule has 0 aliphatic heterocycles. The molecule has 112 valence electrons. The molecular formula is C18H16ClNO2. The van der Waals surface area contributed by atoms with Crippen molar-refractivity contribution in [2.24, 2.45) is 0 Å². The van der Waals surface area contributed by atoms with Crippen molar-refractivity contribution in [2.45, 2.75) is 13.8 Å². The fourth-order valence-electron chi connectivity index (χ4n) is 2.75. The molecule has 0 aliphatic rings. The number of fused-ring (bicyclic) bond motifs is 1. The second kappa shape index (κ2) is 5.50. The molecule has 1 N–H and O–H groups in total. The number of ether oxygens (including phenoxy) is 1. The minimum atomic E-state index is -0.00734. The Hall–Kier alpha value is -2.26. The highest BCUT2D eigenvalue weighted by Crippen LogP contribution is 2.37. The number of benzene rings is 2. The first-order valence-corrected chi connectivity index (χ1v) is 7.36. The Bertz CT molecular complexity index is 880. The topological polar surface area (TPSA) is 42.1 Å². The first-order valence-electron chi connectivity index (χ1n) is 6.98. The summed E-state index contributed by atoms with van der Waals surface area (Å²) in [5, 5.41) is 1.44. The molecular weight excluding hydrogens is 298 g/mol. The van der Waals surface area contributed by atoms with E-state index in [9.17, 15) is 4.79 Å². The van der Waals surface area contributed by atoms with Crippen molar-refractivity contribution >= 4 is 28.3 Å². The van der Waals surface area contributed by atoms with Crippen LogP contribution in [0.3, 0.4) is 0 Å². The van der Waals surface area contributed by atoms with Gasteiger partial charge in [-0.2, -0.15) is 0 Å². The number of methoxy groups -OCH3 is 1. The molecule has 4 heteroatoms. The summed E-state index contributed by atoms with van der Waals surface area (Å²) in [4.78, 5) is 15.5. The largest absolute Gasteiger partial charge is 0.496 e. The number of carbonyl (C=O) groups is 1. The molecule has 0 saturated carbocycles. The number of aromatic amines is 1. The first-order chi connectivity index (χ1) is 10.5. The smallest absolute Gasteiger partial charge is 0.162 e. The van der Waals surface area contributed by atoms with Gasteiger partial charge in [0.15, 0.2) is 5.78 Å². The number of halogens is 1. The van der Waals surface area contributed by atoms with Crippen LogP contribution in [0.2, 0.25) is 5.02 Å². The molecule has 2 aromatic carbocycles. The third kappa shape index (κ3) is 2.38. The molecule has 0 unspecified atom stereocenters. The van der Waals surface area contributed by atoms with Gasteiger partial charge in [-0.1, -0.05) is 23.2 Å². The van der Waals surface area contributed by atoms with Gasteiger partial charge >= 0.3 is 0 Å². The van der Waals surface area contributed by atoms with Crippen LogP contribution in [0.4, 0.5) is 0 Å². The van der Waals surface area contributed by atoms with Crippen LogP contribution in [-0.4, -0.2) is 17.9 Å². The Morgan fingerprint density at radius 2 is 1.95 bits per heavy atom. The van der Waals surface area contributed by atoms with Crippen molar-refractivity contribution in [3.63, 3.8) is 0 Å². The van der Waals surface area contributed by atoms with E-state index in [2.05, 4.69) is 4.98 Å². The Kier molecular flexibility index (Phi) is 3.67. The second-order valence-electron chi connectivity index (χ2n) is 5.32. The molecule has 0 saturated heterocycles. The van der Waals surface area contributed by atoms with Crippen LogP contribution in [0.1, 0.15) is 22.8 Å². The summed E-state index contributed by atoms with van der Waals surface area (Å²) in [6.45, 7) is 3.57. The standard InChI is InChI=1S/C18H16ClNO2/c1-10-4-7-16(22-3)14(8-10)18-17(11(2)21)13-9-12(19)5-6-15(13)20-18/h4-9,20H,1-3H3. The number of H-pyrrole nitrogens is 1. The van der Waals surface area contributed by atoms with E-state index in [0.29, 0.717) is 10.6 Å². The minimum Gasteiger partial charge on any atom is -0.496 e. The van der Waals surface area contributed by atoms with Crippen LogP contribution < -0.4 is 4.74 Å². The zero-order valence-corrected chi connectivity index (χ0v) is 13.4. The average molecular weight is 314 g/mol. The highest BCUT2D eigenvalue weighted by molar-refractivity contribution is 6.31. The van der Waals surface area contributed by atoms with E-state index in [1.54, 1.807) is 14.0 Å². The van der Waals surface area contributed by atoms with E-state index in [1.807, 2.05) is 43.3 Å². The van der Waals surface area contributed by atoms with Crippen LogP contribution in [0.5, 0.6) is 5.75 Å². The molecule has 0 fully saturated rings. The Balaban J connectivity index is 2.38. The lowest BCUT2D eigenvalue weighted by molar-refractivity contribution is 0.102. The third-order valence-electron chi connectivity index (χ3n) is 3.74. The number of aromatic nitrogens is 1. The fraction of sp³-hybridized carbons (Fsp3) is 0.167. The van der Waals surface area contributed by atoms with Crippen LogP contribution in [-0.2, 0) is 0 Å². The van der Waals surface area contributed by atoms with E-state index in [0.717, 1.165) is 33.5 Å². The summed E-state index contributed by atoms with van der Waals surface area (Å²) in [5.74, 6) is 0.720. The number of aryl methyl sites for hydroxylation is 1. The van der Waals surface area contributed by atoms with Crippen LogP contribution in [0, 0.1) is 6.92 Å². The van der Waals surface area contributed by atoms with Crippen molar-refractivity contribution in [2.75, 3.05) is 7.11 Å². The van der Waals surface area contributed by atoms with E-state index < -0.39 is 0 Å². The van der Waals surface area contributed by atoms with Crippen molar-refractivity contribution < 1.29 is 9.53 Å². The summed E-state index contributed by atoms with van der Waals surface area (Å²) in [6.07, 6.45) is 0. The minimum absolute atomic E-state index is 0.00734. The highest BCUT2D eigenvalue weighted by Gasteiger charge is 2.19. The predicted octanol–water partition coefficient (Wildman–Crippen LogP) is 5.01. The number of Topliss-reactive ketones (excluding diaryl/α,β-unsaturated/α-hetero) is 1. The average Bonchev–Trinajstić information content (AvgIpc) is 2.85. The van der Waals surface area contributed by atoms with Crippen LogP contribution in [0.15, 0.2) is 36.4 Å². The van der Waals surface area contributed by atoms with Gasteiger partial charge in [0, 0.05) is 21.5 Å². The monoisotopic (exact) mass is 313 g/mol. The molecule has 0 bridgehead atoms. The molecule has 0 spiro atoms. The van der Waals surface area contributed by atoms with Gasteiger partial charge in [0.05, 0.1) is 18.4 Å². The molecule has 3 aromatic rings. The molecule has 3 nitrogen and oxygen atoms in total. The zero-order valence-electron chi connectivity index (χ0n) is 12.7. The van der Waals surface area contributed by atoms with Crippen molar-refractivity contribution in [3.05, 3.63) is 52.5 Å². The zero-order chi connectivity index (χ0) is 15.9. The normalized spacial score (nSPS) is 10.9. The van der Waals surface area contributed by atoms with Gasteiger partial charge in [-0.25, -0.2) is 0 Å². The molecule has 1 aromatic heterocycles. The third-order valence-corrected chi connectivity index (χ3v) is 3.97. The lowest BCUT2D eigenvalue weighted by Crippen LogP contribution is -1.96. The Morgan fingerprint density at radius 3 is 2.64 bits per heavy atom. The molecule has 0 aliphatic carbocycles. The molecule has 1 heterocycles. The number of nitrogens with one attached hydrogen (secondary N) is 1. The summed E-state index contributed by atoms with van der Waals surface area (Å²) in [7, 11) is 1.63. The maximum absolute atomic E-state index is 12.2. The number of carbonyl (C=O) groups excluding carboxylic acids is 1. The highest BCUT2D eigenvalue weighted by atomic mass is 35.5. The van der Waals surface area contributed by atoms with Crippen molar-refractivity contribution in [1.82, 2.24) is 4.98 Å². The lowest BCUT2D eigenvalue weighted by atomic mass is 10.0. The van der Waals surface area contributed by atoms with Gasteiger partial charge < -0.3 is 9.72 Å².